The number of rotatable bonds is 3. The first-order valence-corrected chi connectivity index (χ1v) is 16.9. The van der Waals surface area contributed by atoms with Crippen LogP contribution in [0.15, 0.2) is 57.5 Å². The van der Waals surface area contributed by atoms with Crippen molar-refractivity contribution in [3.8, 4) is 11.1 Å². The molecule has 0 N–H and O–H groups in total. The maximum absolute atomic E-state index is 3.79. The van der Waals surface area contributed by atoms with E-state index < -0.39 is 16.2 Å². The van der Waals surface area contributed by atoms with Crippen molar-refractivity contribution < 1.29 is 0 Å². The van der Waals surface area contributed by atoms with Crippen LogP contribution in [-0.4, -0.2) is 35.2 Å². The number of halogens is 2. The van der Waals surface area contributed by atoms with Crippen molar-refractivity contribution in [3.05, 3.63) is 74.2 Å². The molecular weight excluding hydrogens is 592 g/mol. The Balaban J connectivity index is 2.12. The van der Waals surface area contributed by atoms with E-state index in [-0.39, 0.29) is 10.8 Å². The Morgan fingerprint density at radius 1 is 0.727 bits per heavy atom. The molecule has 0 amide bonds. The third kappa shape index (κ3) is 4.97. The van der Waals surface area contributed by atoms with Crippen LogP contribution in [0.3, 0.4) is 0 Å². The predicted molar refractivity (Wildman–Crippen MR) is 153 cm³/mol. The molecule has 172 valence electrons. The summed E-state index contributed by atoms with van der Waals surface area (Å²) in [6.45, 7) is 15.1. The van der Waals surface area contributed by atoms with Gasteiger partial charge in [-0.25, -0.2) is 0 Å². The second-order valence-corrected chi connectivity index (χ2v) is 19.2. The summed E-state index contributed by atoms with van der Waals surface area (Å²) in [6.07, 6.45) is 0. The molecule has 0 bridgehead atoms. The van der Waals surface area contributed by atoms with Crippen molar-refractivity contribution in [2.75, 3.05) is 14.1 Å². The molecule has 3 aromatic rings. The van der Waals surface area contributed by atoms with Gasteiger partial charge in [0.1, 0.15) is 0 Å². The van der Waals surface area contributed by atoms with Gasteiger partial charge in [-0.15, -0.1) is 0 Å². The summed E-state index contributed by atoms with van der Waals surface area (Å²) in [5, 5.41) is 0. The number of fused-ring (bicyclic) bond motifs is 3. The second-order valence-electron chi connectivity index (χ2n) is 11.7. The molecule has 0 radical (unpaired) electrons. The molecule has 0 saturated carbocycles. The van der Waals surface area contributed by atoms with Crippen molar-refractivity contribution in [1.82, 2.24) is 4.90 Å². The van der Waals surface area contributed by atoms with Crippen LogP contribution in [0, 0.1) is 0 Å². The summed E-state index contributed by atoms with van der Waals surface area (Å²) in [4.78, 5) is 2.33. The van der Waals surface area contributed by atoms with Crippen LogP contribution in [0.1, 0.15) is 58.2 Å². The monoisotopic (exact) mass is 623 g/mol. The Bertz CT molecular complexity index is 1160. The van der Waals surface area contributed by atoms with Gasteiger partial charge < -0.3 is 0 Å². The first-order chi connectivity index (χ1) is 15.3. The molecule has 33 heavy (non-hydrogen) atoms. The molecule has 1 heterocycles. The Hall–Kier alpha value is -0.784. The van der Waals surface area contributed by atoms with Crippen LogP contribution >= 0.6 is 31.9 Å². The third-order valence-electron chi connectivity index (χ3n) is 6.65. The molecule has 4 heteroatoms. The summed E-state index contributed by atoms with van der Waals surface area (Å²) in [7, 11) is 4.39. The zero-order chi connectivity index (χ0) is 24.3. The Morgan fingerprint density at radius 2 is 1.24 bits per heavy atom. The molecule has 1 aliphatic rings. The molecule has 1 nitrogen and oxygen atoms in total. The molecule has 0 aromatic heterocycles. The molecule has 0 saturated heterocycles. The standard InChI is InChI=1S/C17H28N.C12H6Br2.Ga/c1-16(2,3)14-9-13(12-18(7)8)10-15(11-14)17(4,5)6;13-11-5-1-9(2-6-11)10-3-7-12(14)8-4-10;/h9,11H,12H2,1-8H3;1,3,5-8H;. The fourth-order valence-corrected chi connectivity index (χ4v) is 15.6. The van der Waals surface area contributed by atoms with E-state index in [1.807, 2.05) is 0 Å². The summed E-state index contributed by atoms with van der Waals surface area (Å²) in [5.74, 6) is 0. The molecular formula is C29H34Br2GaN. The minimum absolute atomic E-state index is 0.0733. The number of nitrogens with zero attached hydrogens (tertiary/aromatic N) is 1. The molecule has 0 atom stereocenters. The van der Waals surface area contributed by atoms with E-state index in [0.717, 1.165) is 6.54 Å². The van der Waals surface area contributed by atoms with Gasteiger partial charge in [0.15, 0.2) is 0 Å². The minimum atomic E-state index is -2.35. The molecule has 3 aromatic carbocycles. The van der Waals surface area contributed by atoms with Gasteiger partial charge >= 0.3 is 224 Å². The summed E-state index contributed by atoms with van der Waals surface area (Å²) >= 11 is 5.23. The van der Waals surface area contributed by atoms with Gasteiger partial charge in [-0.1, -0.05) is 0 Å². The summed E-state index contributed by atoms with van der Waals surface area (Å²) < 4.78 is 7.19. The fourth-order valence-electron chi connectivity index (χ4n) is 5.09. The van der Waals surface area contributed by atoms with Crippen molar-refractivity contribution in [3.63, 3.8) is 0 Å². The molecule has 0 aliphatic carbocycles. The quantitative estimate of drug-likeness (QED) is 0.240. The van der Waals surface area contributed by atoms with E-state index in [1.165, 1.54) is 36.8 Å². The third-order valence-corrected chi connectivity index (χ3v) is 14.9. The van der Waals surface area contributed by atoms with Crippen LogP contribution in [0.25, 0.3) is 11.1 Å². The molecule has 0 spiro atoms. The number of hydrogen-bond donors (Lipinski definition) is 0. The van der Waals surface area contributed by atoms with E-state index in [4.69, 9.17) is 0 Å². The number of benzene rings is 3. The van der Waals surface area contributed by atoms with Crippen LogP contribution in [-0.2, 0) is 17.4 Å². The zero-order valence-corrected chi connectivity index (χ0v) is 26.7. The normalized spacial score (nSPS) is 13.5. The van der Waals surface area contributed by atoms with E-state index >= 15 is 0 Å². The van der Waals surface area contributed by atoms with Crippen LogP contribution in [0.2, 0.25) is 0 Å². The molecule has 0 fully saturated rings. The van der Waals surface area contributed by atoms with Gasteiger partial charge in [-0.2, -0.15) is 0 Å². The fraction of sp³-hybridized carbons (Fsp3) is 0.379. The van der Waals surface area contributed by atoms with Crippen molar-refractivity contribution in [2.45, 2.75) is 58.9 Å². The molecule has 1 aliphatic heterocycles. The van der Waals surface area contributed by atoms with Gasteiger partial charge in [0.2, 0.25) is 0 Å². The number of hydrogen-bond acceptors (Lipinski definition) is 1. The zero-order valence-electron chi connectivity index (χ0n) is 21.1. The van der Waals surface area contributed by atoms with Crippen molar-refractivity contribution >= 4 is 60.4 Å². The van der Waals surface area contributed by atoms with E-state index in [1.54, 1.807) is 12.4 Å². The molecule has 0 unspecified atom stereocenters. The van der Waals surface area contributed by atoms with E-state index in [2.05, 4.69) is 141 Å². The van der Waals surface area contributed by atoms with Gasteiger partial charge in [0, 0.05) is 0 Å². The Morgan fingerprint density at radius 3 is 1.67 bits per heavy atom. The molecule has 4 rings (SSSR count). The Labute approximate surface area is 222 Å². The first-order valence-electron chi connectivity index (χ1n) is 11.7. The second kappa shape index (κ2) is 9.02. The van der Waals surface area contributed by atoms with Crippen LogP contribution < -0.4 is 12.4 Å². The average Bonchev–Trinajstić information content (AvgIpc) is 2.97. The van der Waals surface area contributed by atoms with E-state index in [0.29, 0.717) is 0 Å². The van der Waals surface area contributed by atoms with Gasteiger partial charge in [0.05, 0.1) is 0 Å². The van der Waals surface area contributed by atoms with Crippen molar-refractivity contribution in [2.24, 2.45) is 0 Å². The first kappa shape index (κ1) is 25.3. The average molecular weight is 626 g/mol. The van der Waals surface area contributed by atoms with Crippen molar-refractivity contribution in [1.29, 1.82) is 0 Å². The Kier molecular flexibility index (Phi) is 6.92. The van der Waals surface area contributed by atoms with Gasteiger partial charge in [-0.05, 0) is 0 Å². The van der Waals surface area contributed by atoms with Crippen LogP contribution in [0.5, 0.6) is 0 Å². The van der Waals surface area contributed by atoms with Gasteiger partial charge in [-0.3, -0.25) is 0 Å². The maximum atomic E-state index is 3.79. The predicted octanol–water partition coefficient (Wildman–Crippen LogP) is 6.36. The topological polar surface area (TPSA) is 3.24 Å². The van der Waals surface area contributed by atoms with E-state index in [9.17, 15) is 0 Å². The SMILES string of the molecule is CN(C)Cc1cc(C(C)(C)C)cc(C(C)(C)C)[c]1[Ga]1[c]2cc(Br)ccc2-c2ccc(Br)c[c]21. The summed E-state index contributed by atoms with van der Waals surface area (Å²) in [6, 6.07) is 18.9. The van der Waals surface area contributed by atoms with Crippen LogP contribution in [0.4, 0.5) is 0 Å². The van der Waals surface area contributed by atoms with Gasteiger partial charge in [0.25, 0.3) is 0 Å². The summed E-state index contributed by atoms with van der Waals surface area (Å²) in [5.41, 5.74) is 7.55.